The molecule has 0 aromatic rings. The van der Waals surface area contributed by atoms with Crippen LogP contribution in [0.3, 0.4) is 0 Å². The zero-order chi connectivity index (χ0) is 13.8. The van der Waals surface area contributed by atoms with Crippen molar-refractivity contribution in [2.24, 2.45) is 0 Å². The maximum absolute atomic E-state index is 10.7. The van der Waals surface area contributed by atoms with Gasteiger partial charge >= 0.3 is 63.3 Å². The van der Waals surface area contributed by atoms with Crippen molar-refractivity contribution in [2.75, 3.05) is 26.3 Å². The van der Waals surface area contributed by atoms with E-state index < -0.39 is 11.9 Å². The van der Waals surface area contributed by atoms with Gasteiger partial charge in [-0.2, -0.15) is 0 Å². The van der Waals surface area contributed by atoms with E-state index in [2.05, 4.69) is 30.4 Å². The minimum absolute atomic E-state index is 0. The van der Waals surface area contributed by atoms with Gasteiger partial charge in [-0.25, -0.2) is 9.59 Å². The first-order valence-corrected chi connectivity index (χ1v) is 5.28. The molecule has 0 saturated heterocycles. The molecule has 6 nitrogen and oxygen atoms in total. The van der Waals surface area contributed by atoms with Gasteiger partial charge in [0, 0.05) is 12.2 Å². The standard InChI is InChI=1S/C12H17N2O4.K/c1-4-11(15)17-8-6-13-10(3)14-7-9-18-12(16)5-2;/h4-5,13H,1-3,6-9H2;/q-1;+1. The summed E-state index contributed by atoms with van der Waals surface area (Å²) < 4.78 is 9.44. The SMILES string of the molecule is C=CC(=O)OCC[N-]C(=C)NCCOC(=O)C=C.[K+]. The Balaban J connectivity index is 0. The van der Waals surface area contributed by atoms with E-state index in [9.17, 15) is 9.59 Å². The third-order valence-electron chi connectivity index (χ3n) is 1.65. The molecular weight excluding hydrogens is 275 g/mol. The Morgan fingerprint density at radius 2 is 1.63 bits per heavy atom. The summed E-state index contributed by atoms with van der Waals surface area (Å²) in [7, 11) is 0. The predicted molar refractivity (Wildman–Crippen MR) is 67.7 cm³/mol. The second-order valence-corrected chi connectivity index (χ2v) is 3.00. The fourth-order valence-electron chi connectivity index (χ4n) is 0.848. The topological polar surface area (TPSA) is 78.7 Å². The van der Waals surface area contributed by atoms with Gasteiger partial charge in [0.1, 0.15) is 0 Å². The zero-order valence-electron chi connectivity index (χ0n) is 11.2. The van der Waals surface area contributed by atoms with E-state index in [1.165, 1.54) is 0 Å². The van der Waals surface area contributed by atoms with Crippen molar-refractivity contribution in [3.63, 3.8) is 0 Å². The van der Waals surface area contributed by atoms with E-state index >= 15 is 0 Å². The molecule has 0 aliphatic heterocycles. The van der Waals surface area contributed by atoms with Crippen LogP contribution >= 0.6 is 0 Å². The molecule has 100 valence electrons. The summed E-state index contributed by atoms with van der Waals surface area (Å²) in [5.41, 5.74) is 0. The van der Waals surface area contributed by atoms with Gasteiger partial charge in [0.25, 0.3) is 0 Å². The van der Waals surface area contributed by atoms with Crippen LogP contribution in [-0.4, -0.2) is 38.2 Å². The van der Waals surface area contributed by atoms with E-state index in [0.717, 1.165) is 12.2 Å². The largest absolute Gasteiger partial charge is 1.00 e. The molecule has 0 spiro atoms. The van der Waals surface area contributed by atoms with Crippen LogP contribution in [-0.2, 0) is 19.1 Å². The Morgan fingerprint density at radius 1 is 1.11 bits per heavy atom. The van der Waals surface area contributed by atoms with E-state index in [-0.39, 0.29) is 64.6 Å². The summed E-state index contributed by atoms with van der Waals surface area (Å²) >= 11 is 0. The first-order chi connectivity index (χ1) is 8.60. The van der Waals surface area contributed by atoms with Crippen molar-refractivity contribution in [3.8, 4) is 0 Å². The van der Waals surface area contributed by atoms with Crippen molar-refractivity contribution in [1.82, 2.24) is 5.32 Å². The van der Waals surface area contributed by atoms with Gasteiger partial charge in [0.15, 0.2) is 0 Å². The average molecular weight is 292 g/mol. The van der Waals surface area contributed by atoms with E-state index in [1.54, 1.807) is 0 Å². The second kappa shape index (κ2) is 13.8. The number of carbonyl (C=O) groups is 2. The van der Waals surface area contributed by atoms with Crippen molar-refractivity contribution >= 4 is 11.9 Å². The minimum Gasteiger partial charge on any atom is -0.479 e. The van der Waals surface area contributed by atoms with E-state index in [1.807, 2.05) is 0 Å². The quantitative estimate of drug-likeness (QED) is 0.216. The third-order valence-corrected chi connectivity index (χ3v) is 1.65. The van der Waals surface area contributed by atoms with Crippen molar-refractivity contribution < 1.29 is 70.4 Å². The summed E-state index contributed by atoms with van der Waals surface area (Å²) in [6, 6.07) is 0. The molecule has 0 amide bonds. The summed E-state index contributed by atoms with van der Waals surface area (Å²) in [5, 5.41) is 6.82. The predicted octanol–water partition coefficient (Wildman–Crippen LogP) is -2.12. The molecule has 0 rings (SSSR count). The molecule has 0 aliphatic rings. The third kappa shape index (κ3) is 13.6. The van der Waals surface area contributed by atoms with Crippen molar-refractivity contribution in [3.05, 3.63) is 43.0 Å². The number of hydrogen-bond acceptors (Lipinski definition) is 5. The van der Waals surface area contributed by atoms with Crippen LogP contribution < -0.4 is 56.7 Å². The van der Waals surface area contributed by atoms with Crippen LogP contribution in [0.4, 0.5) is 0 Å². The second-order valence-electron chi connectivity index (χ2n) is 3.00. The minimum atomic E-state index is -0.486. The monoisotopic (exact) mass is 292 g/mol. The molecule has 0 heterocycles. The first kappa shape index (κ1) is 20.7. The first-order valence-electron chi connectivity index (χ1n) is 5.28. The molecule has 0 fully saturated rings. The molecule has 0 unspecified atom stereocenters. The molecule has 0 radical (unpaired) electrons. The molecule has 7 heteroatoms. The number of rotatable bonds is 10. The Morgan fingerprint density at radius 3 is 2.16 bits per heavy atom. The Hall–Kier alpha value is -0.604. The smallest absolute Gasteiger partial charge is 0.479 e. The molecule has 0 aromatic carbocycles. The number of esters is 2. The van der Waals surface area contributed by atoms with Gasteiger partial charge in [-0.15, -0.1) is 6.58 Å². The molecule has 0 aliphatic carbocycles. The molecule has 0 saturated carbocycles. The molecule has 19 heavy (non-hydrogen) atoms. The number of nitrogens with one attached hydrogen (secondary N) is 1. The van der Waals surface area contributed by atoms with Gasteiger partial charge < -0.3 is 20.1 Å². The van der Waals surface area contributed by atoms with E-state index in [0.29, 0.717) is 18.9 Å². The van der Waals surface area contributed by atoms with Gasteiger partial charge in [-0.05, 0) is 13.1 Å². The number of ether oxygens (including phenoxy) is 2. The Bertz CT molecular complexity index is 302. The van der Waals surface area contributed by atoms with Crippen molar-refractivity contribution in [1.29, 1.82) is 0 Å². The average Bonchev–Trinajstić information content (AvgIpc) is 2.38. The number of nitrogens with zero attached hydrogens (tertiary/aromatic N) is 1. The van der Waals surface area contributed by atoms with Crippen LogP contribution in [0.5, 0.6) is 0 Å². The van der Waals surface area contributed by atoms with Crippen LogP contribution in [0.2, 0.25) is 0 Å². The zero-order valence-corrected chi connectivity index (χ0v) is 14.3. The van der Waals surface area contributed by atoms with Crippen LogP contribution in [0, 0.1) is 0 Å². The van der Waals surface area contributed by atoms with Gasteiger partial charge in [0.05, 0.1) is 13.2 Å². The number of carbonyl (C=O) groups excluding carboxylic acids is 2. The van der Waals surface area contributed by atoms with Gasteiger partial charge in [-0.3, -0.25) is 0 Å². The molecule has 0 aromatic heterocycles. The normalized spacial score (nSPS) is 8.42. The van der Waals surface area contributed by atoms with Crippen molar-refractivity contribution in [2.45, 2.75) is 0 Å². The van der Waals surface area contributed by atoms with Gasteiger partial charge in [0.2, 0.25) is 0 Å². The number of hydrogen-bond donors (Lipinski definition) is 1. The summed E-state index contributed by atoms with van der Waals surface area (Å²) in [6.07, 6.45) is 2.17. The fourth-order valence-corrected chi connectivity index (χ4v) is 0.848. The molecule has 0 bridgehead atoms. The maximum atomic E-state index is 10.7. The summed E-state index contributed by atoms with van der Waals surface area (Å²) in [4.78, 5) is 21.4. The maximum Gasteiger partial charge on any atom is 1.00 e. The molecule has 0 atom stereocenters. The van der Waals surface area contributed by atoms with Crippen LogP contribution in [0.1, 0.15) is 0 Å². The summed E-state index contributed by atoms with van der Waals surface area (Å²) in [6.45, 7) is 11.2. The molecular formula is C12H17KN2O4. The van der Waals surface area contributed by atoms with Gasteiger partial charge in [-0.1, -0.05) is 19.0 Å². The summed E-state index contributed by atoms with van der Waals surface area (Å²) in [5.74, 6) is -0.532. The Kier molecular flexibility index (Phi) is 15.1. The molecule has 1 N–H and O–H groups in total. The van der Waals surface area contributed by atoms with Crippen LogP contribution in [0.15, 0.2) is 37.7 Å². The van der Waals surface area contributed by atoms with Crippen LogP contribution in [0.25, 0.3) is 5.32 Å². The fraction of sp³-hybridized carbons (Fsp3) is 0.333. The van der Waals surface area contributed by atoms with E-state index in [4.69, 9.17) is 9.47 Å². The Labute approximate surface area is 155 Å².